The number of carbonyl (C=O) groups is 1. The van der Waals surface area contributed by atoms with Gasteiger partial charge in [-0.3, -0.25) is 24.7 Å². The molecule has 0 radical (unpaired) electrons. The number of nitrogens with one attached hydrogen (secondary N) is 3. The molecule has 16 heteroatoms. The van der Waals surface area contributed by atoms with Crippen LogP contribution < -0.4 is 19.7 Å². The van der Waals surface area contributed by atoms with Gasteiger partial charge in [-0.1, -0.05) is 19.8 Å². The fourth-order valence-electron chi connectivity index (χ4n) is 9.70. The lowest BCUT2D eigenvalue weighted by Gasteiger charge is -2.56. The summed E-state index contributed by atoms with van der Waals surface area (Å²) < 4.78 is 35.7. The monoisotopic (exact) mass is 811 g/mol. The van der Waals surface area contributed by atoms with Gasteiger partial charge in [0.2, 0.25) is 5.82 Å². The standard InChI is InChI=1S/C42H53N9O6S/c1-28-2-4-29(5-3-28)25-44-40-37(51(53)54)22-35(27-46-40)58(55,56)47-41(52)36-9-8-32(21-38(36)57-34-20-30-10-13-43-39(30)45-26-34)48-14-11-42(12-15-48)23-33(24-42)50-18-16-49(17-19-50)31-6-7-31/h8-10,13,20-22,26-29,31,33H,2-7,11-12,14-19,23-25H2,1H3,(H,43,45)(H,44,46)(H,47,52). The molecule has 3 aromatic heterocycles. The van der Waals surface area contributed by atoms with Crippen molar-refractivity contribution in [3.63, 3.8) is 0 Å². The van der Waals surface area contributed by atoms with Crippen LogP contribution in [0.15, 0.2) is 59.9 Å². The van der Waals surface area contributed by atoms with Crippen LogP contribution in [0.25, 0.3) is 11.0 Å². The Kier molecular flexibility index (Phi) is 10.5. The Balaban J connectivity index is 0.891. The predicted octanol–water partition coefficient (Wildman–Crippen LogP) is 6.54. The highest BCUT2D eigenvalue weighted by Gasteiger charge is 2.48. The number of amides is 1. The Morgan fingerprint density at radius 2 is 1.66 bits per heavy atom. The Morgan fingerprint density at radius 3 is 2.36 bits per heavy atom. The average Bonchev–Trinajstić information content (AvgIpc) is 3.96. The molecule has 58 heavy (non-hydrogen) atoms. The maximum Gasteiger partial charge on any atom is 0.312 e. The van der Waals surface area contributed by atoms with E-state index in [1.165, 1.54) is 51.9 Å². The number of nitro groups is 1. The molecule has 0 atom stereocenters. The van der Waals surface area contributed by atoms with Gasteiger partial charge < -0.3 is 19.9 Å². The first-order valence-electron chi connectivity index (χ1n) is 20.9. The smallest absolute Gasteiger partial charge is 0.312 e. The second-order valence-electron chi connectivity index (χ2n) is 17.5. The van der Waals surface area contributed by atoms with Crippen molar-refractivity contribution < 1.29 is 22.9 Å². The van der Waals surface area contributed by atoms with E-state index >= 15 is 0 Å². The van der Waals surface area contributed by atoms with Crippen LogP contribution in [0.4, 0.5) is 17.2 Å². The number of H-pyrrole nitrogens is 1. The van der Waals surface area contributed by atoms with E-state index in [2.05, 4.69) is 46.6 Å². The second kappa shape index (κ2) is 15.8. The first-order valence-corrected chi connectivity index (χ1v) is 22.4. The fraction of sp³-hybridized carbons (Fsp3) is 0.548. The molecular weight excluding hydrogens is 759 g/mol. The summed E-state index contributed by atoms with van der Waals surface area (Å²) in [4.78, 5) is 44.1. The number of benzene rings is 1. The highest BCUT2D eigenvalue weighted by molar-refractivity contribution is 7.90. The van der Waals surface area contributed by atoms with E-state index in [1.807, 2.05) is 12.1 Å². The Labute approximate surface area is 339 Å². The van der Waals surface area contributed by atoms with Crippen LogP contribution in [0, 0.1) is 27.4 Å². The largest absolute Gasteiger partial charge is 0.455 e. The van der Waals surface area contributed by atoms with Gasteiger partial charge in [0, 0.05) is 87.3 Å². The molecule has 5 heterocycles. The van der Waals surface area contributed by atoms with Crippen molar-refractivity contribution in [2.24, 2.45) is 17.3 Å². The number of aromatic nitrogens is 3. The number of carbonyl (C=O) groups excluding carboxylic acids is 1. The predicted molar refractivity (Wildman–Crippen MR) is 221 cm³/mol. The second-order valence-corrected chi connectivity index (χ2v) is 19.1. The van der Waals surface area contributed by atoms with E-state index in [4.69, 9.17) is 4.74 Å². The lowest BCUT2D eigenvalue weighted by Crippen LogP contribution is -2.59. The highest BCUT2D eigenvalue weighted by Crippen LogP contribution is 2.52. The van der Waals surface area contributed by atoms with Crippen molar-refractivity contribution in [3.05, 3.63) is 70.7 Å². The Morgan fingerprint density at radius 1 is 0.931 bits per heavy atom. The van der Waals surface area contributed by atoms with E-state index in [-0.39, 0.29) is 17.1 Å². The summed E-state index contributed by atoms with van der Waals surface area (Å²) in [6.07, 6.45) is 16.0. The number of ether oxygens (including phenoxy) is 1. The van der Waals surface area contributed by atoms with Crippen molar-refractivity contribution in [1.82, 2.24) is 29.5 Å². The van der Waals surface area contributed by atoms with Crippen molar-refractivity contribution in [1.29, 1.82) is 0 Å². The molecule has 308 valence electrons. The van der Waals surface area contributed by atoms with Gasteiger partial charge in [-0.25, -0.2) is 23.1 Å². The summed E-state index contributed by atoms with van der Waals surface area (Å²) in [5.41, 5.74) is 1.43. The summed E-state index contributed by atoms with van der Waals surface area (Å²) in [5, 5.41) is 15.9. The zero-order valence-corrected chi connectivity index (χ0v) is 33.9. The lowest BCUT2D eigenvalue weighted by molar-refractivity contribution is -0.384. The summed E-state index contributed by atoms with van der Waals surface area (Å²) in [5.74, 6) is 0.620. The van der Waals surface area contributed by atoms with Gasteiger partial charge in [-0.05, 0) is 92.9 Å². The van der Waals surface area contributed by atoms with Crippen LogP contribution in [0.5, 0.6) is 11.5 Å². The van der Waals surface area contributed by atoms with Crippen molar-refractivity contribution in [2.45, 2.75) is 88.1 Å². The number of piperazine rings is 1. The molecule has 4 aromatic rings. The molecule has 5 fully saturated rings. The number of nitrogens with zero attached hydrogens (tertiary/aromatic N) is 6. The first-order chi connectivity index (χ1) is 28.0. The van der Waals surface area contributed by atoms with Crippen LogP contribution in [0.2, 0.25) is 0 Å². The van der Waals surface area contributed by atoms with Crippen LogP contribution in [-0.4, -0.2) is 102 Å². The van der Waals surface area contributed by atoms with E-state index < -0.39 is 31.4 Å². The third kappa shape index (κ3) is 8.23. The molecule has 1 amide bonds. The molecule has 3 aliphatic carbocycles. The molecule has 2 saturated heterocycles. The zero-order chi connectivity index (χ0) is 40.0. The third-order valence-corrected chi connectivity index (χ3v) is 14.8. The van der Waals surface area contributed by atoms with E-state index in [0.29, 0.717) is 41.2 Å². The number of sulfonamides is 1. The van der Waals surface area contributed by atoms with Gasteiger partial charge in [0.05, 0.1) is 22.9 Å². The number of hydrogen-bond acceptors (Lipinski definition) is 12. The maximum atomic E-state index is 13.9. The maximum absolute atomic E-state index is 13.9. The topological polar surface area (TPSA) is 179 Å². The molecular formula is C42H53N9O6S. The minimum Gasteiger partial charge on any atom is -0.455 e. The highest BCUT2D eigenvalue weighted by atomic mass is 32.2. The van der Waals surface area contributed by atoms with Crippen molar-refractivity contribution in [3.8, 4) is 11.5 Å². The molecule has 1 spiro atoms. The Hall–Kier alpha value is -4.80. The molecule has 2 aliphatic heterocycles. The number of fused-ring (bicyclic) bond motifs is 1. The van der Waals surface area contributed by atoms with Gasteiger partial charge >= 0.3 is 5.69 Å². The average molecular weight is 812 g/mol. The van der Waals surface area contributed by atoms with Crippen LogP contribution >= 0.6 is 0 Å². The molecule has 3 saturated carbocycles. The van der Waals surface area contributed by atoms with E-state index in [9.17, 15) is 23.3 Å². The number of pyridine rings is 2. The van der Waals surface area contributed by atoms with Gasteiger partial charge in [0.1, 0.15) is 22.0 Å². The number of rotatable bonds is 12. The SMILES string of the molecule is CC1CCC(CNc2ncc(S(=O)(=O)NC(=O)c3ccc(N4CCC5(CC4)CC(N4CCN(C6CC6)CC4)C5)cc3Oc3cnc4[nH]ccc4c3)cc2[N+](=O)[O-])CC1. The molecule has 9 rings (SSSR count). The number of anilines is 2. The van der Waals surface area contributed by atoms with E-state index in [1.54, 1.807) is 30.6 Å². The normalized spacial score (nSPS) is 23.1. The van der Waals surface area contributed by atoms with Crippen LogP contribution in [0.1, 0.15) is 81.5 Å². The number of hydrogen-bond donors (Lipinski definition) is 3. The van der Waals surface area contributed by atoms with E-state index in [0.717, 1.165) is 81.0 Å². The first kappa shape index (κ1) is 38.7. The number of aromatic amines is 1. The molecule has 0 unspecified atom stereocenters. The molecule has 1 aromatic carbocycles. The van der Waals surface area contributed by atoms with Gasteiger partial charge in [0.25, 0.3) is 15.9 Å². The fourth-order valence-corrected chi connectivity index (χ4v) is 10.6. The van der Waals surface area contributed by atoms with Crippen LogP contribution in [0.3, 0.4) is 0 Å². The summed E-state index contributed by atoms with van der Waals surface area (Å²) >= 11 is 0. The van der Waals surface area contributed by atoms with Crippen LogP contribution in [-0.2, 0) is 10.0 Å². The molecule has 3 N–H and O–H groups in total. The quantitative estimate of drug-likeness (QED) is 0.104. The Bertz CT molecular complexity index is 2270. The lowest BCUT2D eigenvalue weighted by atomic mass is 9.60. The number of piperidine rings is 1. The minimum atomic E-state index is -4.57. The van der Waals surface area contributed by atoms with Crippen molar-refractivity contribution in [2.75, 3.05) is 56.0 Å². The molecule has 0 bridgehead atoms. The molecule has 15 nitrogen and oxygen atoms in total. The zero-order valence-electron chi connectivity index (χ0n) is 33.1. The van der Waals surface area contributed by atoms with Gasteiger partial charge in [-0.2, -0.15) is 0 Å². The third-order valence-electron chi connectivity index (χ3n) is 13.5. The summed E-state index contributed by atoms with van der Waals surface area (Å²) in [6, 6.07) is 11.3. The van der Waals surface area contributed by atoms with Gasteiger partial charge in [-0.15, -0.1) is 0 Å². The van der Waals surface area contributed by atoms with Crippen molar-refractivity contribution >= 4 is 44.2 Å². The summed E-state index contributed by atoms with van der Waals surface area (Å²) in [7, 11) is -4.57. The molecule has 5 aliphatic rings. The van der Waals surface area contributed by atoms with Gasteiger partial charge in [0.15, 0.2) is 0 Å². The minimum absolute atomic E-state index is 0.00358. The summed E-state index contributed by atoms with van der Waals surface area (Å²) in [6.45, 7) is 9.23.